The predicted octanol–water partition coefficient (Wildman–Crippen LogP) is 3.43. The first-order valence-corrected chi connectivity index (χ1v) is 7.74. The van der Waals surface area contributed by atoms with Crippen molar-refractivity contribution in [1.29, 1.82) is 0 Å². The van der Waals surface area contributed by atoms with E-state index in [0.29, 0.717) is 5.69 Å². The molecule has 0 aliphatic heterocycles. The van der Waals surface area contributed by atoms with Gasteiger partial charge in [0.05, 0.1) is 10.6 Å². The summed E-state index contributed by atoms with van der Waals surface area (Å²) in [5.41, 5.74) is 7.24. The lowest BCUT2D eigenvalue weighted by atomic mass is 10.1. The highest BCUT2D eigenvalue weighted by Gasteiger charge is 2.14. The third-order valence-corrected chi connectivity index (χ3v) is 3.66. The van der Waals surface area contributed by atoms with Crippen molar-refractivity contribution in [1.82, 2.24) is 4.98 Å². The quantitative estimate of drug-likeness (QED) is 0.850. The number of amides is 2. The Morgan fingerprint density at radius 2 is 1.96 bits per heavy atom. The second kappa shape index (κ2) is 7.74. The number of nitrogens with zero attached hydrogens (tertiary/aromatic N) is 1. The van der Waals surface area contributed by atoms with Gasteiger partial charge in [-0.25, -0.2) is 4.98 Å². The Balaban J connectivity index is 2.08. The minimum absolute atomic E-state index is 0.0479. The molecule has 120 valence electrons. The monoisotopic (exact) mass is 331 g/mol. The number of aryl methyl sites for hydroxylation is 1. The van der Waals surface area contributed by atoms with Gasteiger partial charge in [-0.15, -0.1) is 0 Å². The maximum Gasteiger partial charge on any atom is 0.275 e. The molecule has 1 heterocycles. The zero-order valence-corrected chi connectivity index (χ0v) is 13.6. The smallest absolute Gasteiger partial charge is 0.275 e. The van der Waals surface area contributed by atoms with Gasteiger partial charge in [-0.2, -0.15) is 0 Å². The molecule has 2 amide bonds. The highest BCUT2D eigenvalue weighted by Crippen LogP contribution is 2.18. The molecule has 1 aromatic carbocycles. The minimum Gasteiger partial charge on any atom is -0.366 e. The van der Waals surface area contributed by atoms with Crippen LogP contribution in [0.3, 0.4) is 0 Å². The number of carbonyl (C=O) groups excluding carboxylic acids is 2. The molecular formula is C17H18ClN3O2. The van der Waals surface area contributed by atoms with Crippen LogP contribution in [0.25, 0.3) is 0 Å². The molecule has 0 atom stereocenters. The van der Waals surface area contributed by atoms with E-state index in [1.165, 1.54) is 17.8 Å². The van der Waals surface area contributed by atoms with Crippen LogP contribution in [-0.2, 0) is 6.42 Å². The molecule has 0 spiro atoms. The summed E-state index contributed by atoms with van der Waals surface area (Å²) >= 11 is 5.99. The van der Waals surface area contributed by atoms with E-state index in [1.54, 1.807) is 0 Å². The third kappa shape index (κ3) is 4.53. The van der Waals surface area contributed by atoms with Crippen molar-refractivity contribution in [3.05, 3.63) is 58.4 Å². The van der Waals surface area contributed by atoms with E-state index >= 15 is 0 Å². The first-order chi connectivity index (χ1) is 11.0. The summed E-state index contributed by atoms with van der Waals surface area (Å²) in [5.74, 6) is -1.08. The molecule has 0 radical (unpaired) electrons. The van der Waals surface area contributed by atoms with Crippen LogP contribution in [0.4, 0.5) is 5.69 Å². The lowest BCUT2D eigenvalue weighted by molar-refractivity contribution is 0.0993. The van der Waals surface area contributed by atoms with Crippen molar-refractivity contribution in [2.24, 2.45) is 5.73 Å². The topological polar surface area (TPSA) is 85.1 Å². The van der Waals surface area contributed by atoms with Gasteiger partial charge in [0.2, 0.25) is 5.91 Å². The molecule has 0 saturated heterocycles. The zero-order valence-electron chi connectivity index (χ0n) is 12.8. The summed E-state index contributed by atoms with van der Waals surface area (Å²) in [6.07, 6.45) is 4.53. The maximum absolute atomic E-state index is 12.2. The van der Waals surface area contributed by atoms with Gasteiger partial charge in [0.15, 0.2) is 0 Å². The molecule has 2 aromatic rings. The number of nitrogens with one attached hydrogen (secondary N) is 1. The number of hydrogen-bond acceptors (Lipinski definition) is 3. The van der Waals surface area contributed by atoms with Crippen LogP contribution in [0.5, 0.6) is 0 Å². The van der Waals surface area contributed by atoms with E-state index in [0.717, 1.165) is 19.3 Å². The van der Waals surface area contributed by atoms with E-state index in [2.05, 4.69) is 17.2 Å². The number of halogens is 1. The van der Waals surface area contributed by atoms with Gasteiger partial charge >= 0.3 is 0 Å². The second-order valence-electron chi connectivity index (χ2n) is 5.17. The molecule has 23 heavy (non-hydrogen) atoms. The summed E-state index contributed by atoms with van der Waals surface area (Å²) in [6, 6.07) is 8.98. The van der Waals surface area contributed by atoms with Gasteiger partial charge < -0.3 is 11.1 Å². The van der Waals surface area contributed by atoms with Crippen LogP contribution < -0.4 is 11.1 Å². The standard InChI is InChI=1S/C17H18ClN3O2/c1-2-3-4-11-5-7-13(8-6-11)21-17(23)15-14(18)9-12(10-20-15)16(19)22/h5-10H,2-4H2,1H3,(H2,19,22)(H,21,23). The molecule has 3 N–H and O–H groups in total. The van der Waals surface area contributed by atoms with Gasteiger partial charge in [0.25, 0.3) is 5.91 Å². The van der Waals surface area contributed by atoms with E-state index < -0.39 is 11.8 Å². The van der Waals surface area contributed by atoms with E-state index in [4.69, 9.17) is 17.3 Å². The van der Waals surface area contributed by atoms with Gasteiger partial charge in [-0.1, -0.05) is 37.1 Å². The lowest BCUT2D eigenvalue weighted by Crippen LogP contribution is -2.16. The first kappa shape index (κ1) is 17.0. The highest BCUT2D eigenvalue weighted by atomic mass is 35.5. The van der Waals surface area contributed by atoms with Crippen molar-refractivity contribution >= 4 is 29.1 Å². The van der Waals surface area contributed by atoms with Gasteiger partial charge in [-0.05, 0) is 36.6 Å². The maximum atomic E-state index is 12.2. The Labute approximate surface area is 139 Å². The summed E-state index contributed by atoms with van der Waals surface area (Å²) in [5, 5.41) is 2.81. The fourth-order valence-corrected chi connectivity index (χ4v) is 2.32. The summed E-state index contributed by atoms with van der Waals surface area (Å²) in [6.45, 7) is 2.15. The minimum atomic E-state index is -0.644. The Hall–Kier alpha value is -2.40. The summed E-state index contributed by atoms with van der Waals surface area (Å²) in [7, 11) is 0. The SMILES string of the molecule is CCCCc1ccc(NC(=O)c2ncc(C(N)=O)cc2Cl)cc1. The molecule has 0 aliphatic rings. The number of primary amides is 1. The van der Waals surface area contributed by atoms with Crippen molar-refractivity contribution in [3.63, 3.8) is 0 Å². The average molecular weight is 332 g/mol. The molecule has 0 bridgehead atoms. The van der Waals surface area contributed by atoms with Crippen LogP contribution in [0.15, 0.2) is 36.5 Å². The Morgan fingerprint density at radius 1 is 1.26 bits per heavy atom. The zero-order chi connectivity index (χ0) is 16.8. The number of rotatable bonds is 6. The van der Waals surface area contributed by atoms with Crippen LogP contribution in [-0.4, -0.2) is 16.8 Å². The largest absolute Gasteiger partial charge is 0.366 e. The Bertz CT molecular complexity index is 714. The highest BCUT2D eigenvalue weighted by molar-refractivity contribution is 6.34. The van der Waals surface area contributed by atoms with Gasteiger partial charge in [0.1, 0.15) is 5.69 Å². The molecule has 0 aliphatic carbocycles. The number of aromatic nitrogens is 1. The first-order valence-electron chi connectivity index (χ1n) is 7.37. The Morgan fingerprint density at radius 3 is 2.52 bits per heavy atom. The van der Waals surface area contributed by atoms with E-state index in [-0.39, 0.29) is 16.3 Å². The third-order valence-electron chi connectivity index (χ3n) is 3.37. The fourth-order valence-electron chi connectivity index (χ4n) is 2.07. The number of nitrogens with two attached hydrogens (primary N) is 1. The van der Waals surface area contributed by atoms with E-state index in [1.807, 2.05) is 24.3 Å². The van der Waals surface area contributed by atoms with Crippen molar-refractivity contribution in [2.45, 2.75) is 26.2 Å². The molecule has 0 unspecified atom stereocenters. The summed E-state index contributed by atoms with van der Waals surface area (Å²) < 4.78 is 0. The number of benzene rings is 1. The van der Waals surface area contributed by atoms with Crippen LogP contribution >= 0.6 is 11.6 Å². The number of carbonyl (C=O) groups is 2. The van der Waals surface area contributed by atoms with Crippen LogP contribution in [0.1, 0.15) is 46.2 Å². The number of unbranched alkanes of at least 4 members (excludes halogenated alkanes) is 1. The predicted molar refractivity (Wildman–Crippen MR) is 90.8 cm³/mol. The van der Waals surface area contributed by atoms with Crippen LogP contribution in [0, 0.1) is 0 Å². The molecule has 6 heteroatoms. The number of pyridine rings is 1. The molecule has 0 saturated carbocycles. The Kier molecular flexibility index (Phi) is 5.71. The number of anilines is 1. The molecule has 1 aromatic heterocycles. The summed E-state index contributed by atoms with van der Waals surface area (Å²) in [4.78, 5) is 27.2. The lowest BCUT2D eigenvalue weighted by Gasteiger charge is -2.08. The molecule has 5 nitrogen and oxygen atoms in total. The van der Waals surface area contributed by atoms with Crippen LogP contribution in [0.2, 0.25) is 5.02 Å². The molecular weight excluding hydrogens is 314 g/mol. The average Bonchev–Trinajstić information content (AvgIpc) is 2.53. The van der Waals surface area contributed by atoms with Crippen molar-refractivity contribution < 1.29 is 9.59 Å². The molecule has 0 fully saturated rings. The normalized spacial score (nSPS) is 10.3. The van der Waals surface area contributed by atoms with E-state index in [9.17, 15) is 9.59 Å². The van der Waals surface area contributed by atoms with Crippen molar-refractivity contribution in [3.8, 4) is 0 Å². The molecule has 2 rings (SSSR count). The van der Waals surface area contributed by atoms with Gasteiger partial charge in [0, 0.05) is 11.9 Å². The number of hydrogen-bond donors (Lipinski definition) is 2. The van der Waals surface area contributed by atoms with Crippen molar-refractivity contribution in [2.75, 3.05) is 5.32 Å². The second-order valence-corrected chi connectivity index (χ2v) is 5.58. The van der Waals surface area contributed by atoms with Gasteiger partial charge in [-0.3, -0.25) is 9.59 Å². The fraction of sp³-hybridized carbons (Fsp3) is 0.235.